The Bertz CT molecular complexity index is 1480. The number of hydrogen-bond donors (Lipinski definition) is 4. The third-order valence-corrected chi connectivity index (χ3v) is 7.42. The second-order valence-electron chi connectivity index (χ2n) is 10.5. The monoisotopic (exact) mass is 649 g/mol. The normalized spacial score (nSPS) is 16.9. The van der Waals surface area contributed by atoms with Crippen LogP contribution in [0.5, 0.6) is 5.88 Å². The van der Waals surface area contributed by atoms with Gasteiger partial charge < -0.3 is 40.3 Å². The largest absolute Gasteiger partial charge is 0.481 e. The maximum atomic E-state index is 14.1. The first-order chi connectivity index (χ1) is 22.0. The Balaban J connectivity index is 1.51. The predicted octanol–water partition coefficient (Wildman–Crippen LogP) is -0.138. The minimum absolute atomic E-state index is 0.00669. The van der Waals surface area contributed by atoms with E-state index in [2.05, 4.69) is 15.7 Å². The molecule has 3 heterocycles. The van der Waals surface area contributed by atoms with E-state index in [1.54, 1.807) is 0 Å². The van der Waals surface area contributed by atoms with Crippen LogP contribution in [-0.4, -0.2) is 135 Å². The van der Waals surface area contributed by atoms with Gasteiger partial charge in [0.1, 0.15) is 24.6 Å². The number of carbonyl (C=O) groups excluding carboxylic acids is 4. The second-order valence-corrected chi connectivity index (χ2v) is 10.5. The van der Waals surface area contributed by atoms with Gasteiger partial charge in [0.25, 0.3) is 11.8 Å². The van der Waals surface area contributed by atoms with Crippen molar-refractivity contribution in [2.45, 2.75) is 31.3 Å². The number of nitrogens with one attached hydrogen (secondary N) is 2. The molecule has 2 aliphatic heterocycles. The fraction of sp³-hybridized carbons (Fsp3) is 0.464. The Morgan fingerprint density at radius 2 is 1.74 bits per heavy atom. The number of nitrogens with zero attached hydrogens (tertiary/aromatic N) is 5. The zero-order valence-corrected chi connectivity index (χ0v) is 24.6. The quantitative estimate of drug-likeness (QED) is 0.240. The van der Waals surface area contributed by atoms with Crippen molar-refractivity contribution in [3.05, 3.63) is 41.8 Å². The molecule has 0 aliphatic carbocycles. The minimum Gasteiger partial charge on any atom is -0.481 e. The van der Waals surface area contributed by atoms with Gasteiger partial charge in [-0.1, -0.05) is 6.07 Å². The van der Waals surface area contributed by atoms with Gasteiger partial charge in [0.15, 0.2) is 12.3 Å². The maximum Gasteiger partial charge on any atom is 0.407 e. The lowest BCUT2D eigenvalue weighted by molar-refractivity contribution is -0.143. The summed E-state index contributed by atoms with van der Waals surface area (Å²) in [6.07, 6.45) is -1.02. The van der Waals surface area contributed by atoms with Crippen LogP contribution >= 0.6 is 0 Å². The number of carbonyl (C=O) groups is 6. The third kappa shape index (κ3) is 8.24. The van der Waals surface area contributed by atoms with Crippen molar-refractivity contribution in [3.8, 4) is 11.6 Å². The SMILES string of the molecule is O=C(O)C[C@H](NC(=O)c1cc(OCC(=O)N2CCC[C@H]2C(=O)NCCF)n(-c2cccc(F)c2)n1)C(=O)N1CCN(C(=O)O)CC1. The molecule has 0 radical (unpaired) electrons. The lowest BCUT2D eigenvalue weighted by atomic mass is 10.1. The summed E-state index contributed by atoms with van der Waals surface area (Å²) in [6, 6.07) is 3.86. The zero-order chi connectivity index (χ0) is 33.4. The molecule has 2 saturated heterocycles. The Kier molecular flexibility index (Phi) is 11.1. The average Bonchev–Trinajstić information content (AvgIpc) is 3.70. The highest BCUT2D eigenvalue weighted by molar-refractivity contribution is 5.97. The fourth-order valence-electron chi connectivity index (χ4n) is 5.16. The maximum absolute atomic E-state index is 14.1. The van der Waals surface area contributed by atoms with Gasteiger partial charge >= 0.3 is 12.1 Å². The van der Waals surface area contributed by atoms with E-state index in [9.17, 15) is 42.7 Å². The van der Waals surface area contributed by atoms with Gasteiger partial charge in [-0.2, -0.15) is 5.10 Å². The summed E-state index contributed by atoms with van der Waals surface area (Å²) in [5, 5.41) is 27.5. The van der Waals surface area contributed by atoms with E-state index in [0.29, 0.717) is 12.8 Å². The number of benzene rings is 1. The number of hydrogen-bond acceptors (Lipinski definition) is 8. The van der Waals surface area contributed by atoms with Gasteiger partial charge in [0.05, 0.1) is 12.1 Å². The van der Waals surface area contributed by atoms with Crippen molar-refractivity contribution in [3.63, 3.8) is 0 Å². The Morgan fingerprint density at radius 1 is 1.02 bits per heavy atom. The predicted molar refractivity (Wildman–Crippen MR) is 152 cm³/mol. The second kappa shape index (κ2) is 15.1. The summed E-state index contributed by atoms with van der Waals surface area (Å²) in [5.41, 5.74) is -0.240. The van der Waals surface area contributed by atoms with E-state index >= 15 is 0 Å². The van der Waals surface area contributed by atoms with Gasteiger partial charge in [0.2, 0.25) is 17.7 Å². The van der Waals surface area contributed by atoms with Crippen molar-refractivity contribution >= 4 is 35.7 Å². The lowest BCUT2D eigenvalue weighted by Gasteiger charge is -2.35. The third-order valence-electron chi connectivity index (χ3n) is 7.42. The van der Waals surface area contributed by atoms with Crippen LogP contribution in [-0.2, 0) is 19.2 Å². The minimum atomic E-state index is -1.53. The zero-order valence-electron chi connectivity index (χ0n) is 24.6. The fourth-order valence-corrected chi connectivity index (χ4v) is 5.16. The number of carboxylic acids is 1. The first kappa shape index (κ1) is 33.6. The average molecular weight is 650 g/mol. The van der Waals surface area contributed by atoms with Crippen LogP contribution in [0.4, 0.5) is 13.6 Å². The van der Waals surface area contributed by atoms with Gasteiger partial charge in [0, 0.05) is 45.3 Å². The van der Waals surface area contributed by atoms with E-state index in [4.69, 9.17) is 9.84 Å². The molecule has 18 heteroatoms. The number of likely N-dealkylation sites (tertiary alicyclic amines) is 1. The summed E-state index contributed by atoms with van der Waals surface area (Å²) in [4.78, 5) is 78.2. The van der Waals surface area contributed by atoms with Gasteiger partial charge in [-0.25, -0.2) is 18.3 Å². The van der Waals surface area contributed by atoms with Crippen LogP contribution in [0.3, 0.4) is 0 Å². The number of rotatable bonds is 12. The summed E-state index contributed by atoms with van der Waals surface area (Å²) in [5.74, 6) is -4.98. The molecule has 2 aromatic rings. The highest BCUT2D eigenvalue weighted by Crippen LogP contribution is 2.22. The smallest absolute Gasteiger partial charge is 0.407 e. The van der Waals surface area contributed by atoms with Crippen molar-refractivity contribution < 1.29 is 52.5 Å². The van der Waals surface area contributed by atoms with E-state index in [1.807, 2.05) is 0 Å². The Labute approximate surface area is 260 Å². The molecule has 4 rings (SSSR count). The topological polar surface area (TPSA) is 204 Å². The molecule has 4 N–H and O–H groups in total. The number of piperazine rings is 1. The number of aromatic nitrogens is 2. The highest BCUT2D eigenvalue weighted by atomic mass is 19.1. The molecular weight excluding hydrogens is 616 g/mol. The molecule has 46 heavy (non-hydrogen) atoms. The summed E-state index contributed by atoms with van der Waals surface area (Å²) >= 11 is 0. The van der Waals surface area contributed by atoms with Crippen LogP contribution < -0.4 is 15.4 Å². The van der Waals surface area contributed by atoms with Gasteiger partial charge in [-0.05, 0) is 31.0 Å². The molecule has 0 spiro atoms. The molecule has 5 amide bonds. The molecule has 1 aromatic heterocycles. The van der Waals surface area contributed by atoms with Crippen LogP contribution in [0.15, 0.2) is 30.3 Å². The summed E-state index contributed by atoms with van der Waals surface area (Å²) < 4.78 is 33.3. The Morgan fingerprint density at radius 3 is 2.39 bits per heavy atom. The first-order valence-corrected chi connectivity index (χ1v) is 14.4. The number of carboxylic acid groups (broad SMARTS) is 2. The molecule has 1 aromatic carbocycles. The molecule has 16 nitrogen and oxygen atoms in total. The number of alkyl halides is 1. The van der Waals surface area contributed by atoms with Crippen LogP contribution in [0.2, 0.25) is 0 Å². The number of ether oxygens (including phenoxy) is 1. The van der Waals surface area contributed by atoms with Crippen LogP contribution in [0.1, 0.15) is 29.8 Å². The molecule has 248 valence electrons. The Hall–Kier alpha value is -5.29. The molecule has 2 atom stereocenters. The molecule has 2 aliphatic rings. The van der Waals surface area contributed by atoms with Crippen molar-refractivity contribution in [1.29, 1.82) is 0 Å². The van der Waals surface area contributed by atoms with Gasteiger partial charge in [-0.3, -0.25) is 24.0 Å². The van der Waals surface area contributed by atoms with E-state index < -0.39 is 73.3 Å². The van der Waals surface area contributed by atoms with Gasteiger partial charge in [-0.15, -0.1) is 0 Å². The van der Waals surface area contributed by atoms with E-state index in [-0.39, 0.29) is 56.5 Å². The molecule has 0 saturated carbocycles. The van der Waals surface area contributed by atoms with Crippen molar-refractivity contribution in [1.82, 2.24) is 35.1 Å². The summed E-state index contributed by atoms with van der Waals surface area (Å²) in [7, 11) is 0. The van der Waals surface area contributed by atoms with E-state index in [1.165, 1.54) is 28.0 Å². The summed E-state index contributed by atoms with van der Waals surface area (Å²) in [6.45, 7) is -1.29. The van der Waals surface area contributed by atoms with Crippen molar-refractivity contribution in [2.75, 3.05) is 52.6 Å². The first-order valence-electron chi connectivity index (χ1n) is 14.4. The molecular formula is C28H33F2N7O9. The number of halogens is 2. The lowest BCUT2D eigenvalue weighted by Crippen LogP contribution is -2.56. The van der Waals surface area contributed by atoms with Crippen LogP contribution in [0.25, 0.3) is 5.69 Å². The van der Waals surface area contributed by atoms with Crippen molar-refractivity contribution in [2.24, 2.45) is 0 Å². The molecule has 0 unspecified atom stereocenters. The molecule has 2 fully saturated rings. The molecule has 0 bridgehead atoms. The highest BCUT2D eigenvalue weighted by Gasteiger charge is 2.35. The number of aliphatic carboxylic acids is 1. The number of amides is 5. The van der Waals surface area contributed by atoms with Crippen LogP contribution in [0, 0.1) is 5.82 Å². The standard InChI is InChI=1S/C28H33F2N7O9/c29-6-7-31-26(42)21-5-2-8-36(21)22(38)16-46-23-14-19(33-37(23)18-4-1-3-17(30)13-18)25(41)32-20(15-24(39)40)27(43)34-9-11-35(12-10-34)28(44)45/h1,3-4,13-14,20-21H,2,5-12,15-16H2,(H,31,42)(H,32,41)(H,39,40)(H,44,45)/t20-,21-/m0/s1. The van der Waals surface area contributed by atoms with E-state index in [0.717, 1.165) is 21.7 Å².